The van der Waals surface area contributed by atoms with Crippen LogP contribution in [0.2, 0.25) is 10.0 Å². The molecule has 21 heavy (non-hydrogen) atoms. The summed E-state index contributed by atoms with van der Waals surface area (Å²) < 4.78 is 1.39. The molecule has 0 aliphatic rings. The van der Waals surface area contributed by atoms with Crippen LogP contribution in [0.25, 0.3) is 16.8 Å². The highest BCUT2D eigenvalue weighted by atomic mass is 35.5. The van der Waals surface area contributed by atoms with E-state index in [2.05, 4.69) is 10.1 Å². The van der Waals surface area contributed by atoms with Gasteiger partial charge in [0.1, 0.15) is 0 Å². The number of rotatable bonds is 2. The van der Waals surface area contributed by atoms with Gasteiger partial charge in [-0.05, 0) is 17.7 Å². The van der Waals surface area contributed by atoms with Crippen molar-refractivity contribution in [3.05, 3.63) is 52.5 Å². The zero-order chi connectivity index (χ0) is 15.0. The van der Waals surface area contributed by atoms with Gasteiger partial charge in [-0.2, -0.15) is 9.67 Å². The molecule has 0 amide bonds. The Labute approximate surface area is 131 Å². The molecule has 0 atom stereocenters. The Morgan fingerprint density at radius 1 is 0.952 bits per heavy atom. The molecule has 0 spiro atoms. The number of halogens is 2. The van der Waals surface area contributed by atoms with E-state index in [4.69, 9.17) is 34.7 Å². The maximum absolute atomic E-state index is 6.36. The lowest BCUT2D eigenvalue weighted by atomic mass is 10.1. The fourth-order valence-electron chi connectivity index (χ4n) is 2.09. The van der Waals surface area contributed by atoms with Crippen molar-refractivity contribution in [2.24, 2.45) is 0 Å². The normalized spacial score (nSPS) is 10.8. The van der Waals surface area contributed by atoms with Crippen molar-refractivity contribution in [2.45, 2.75) is 0 Å². The molecule has 0 fully saturated rings. The predicted molar refractivity (Wildman–Crippen MR) is 85.6 cm³/mol. The summed E-state index contributed by atoms with van der Waals surface area (Å²) in [4.78, 5) is 3.85. The van der Waals surface area contributed by atoms with E-state index < -0.39 is 0 Å². The minimum Gasteiger partial charge on any atom is -0.368 e. The summed E-state index contributed by atoms with van der Waals surface area (Å²) in [6, 6.07) is 13.1. The number of benzene rings is 2. The van der Waals surface area contributed by atoms with Crippen molar-refractivity contribution < 1.29 is 0 Å². The summed E-state index contributed by atoms with van der Waals surface area (Å²) in [6.45, 7) is 0. The third kappa shape index (κ3) is 2.53. The largest absolute Gasteiger partial charge is 0.368 e. The Morgan fingerprint density at radius 2 is 1.57 bits per heavy atom. The van der Waals surface area contributed by atoms with Gasteiger partial charge >= 0.3 is 0 Å². The number of hydrogen-bond donors (Lipinski definition) is 2. The molecule has 3 aromatic rings. The lowest BCUT2D eigenvalue weighted by molar-refractivity contribution is 0.896. The average Bonchev–Trinajstić information content (AvgIpc) is 2.78. The lowest BCUT2D eigenvalue weighted by Gasteiger charge is -2.10. The molecule has 0 unspecified atom stereocenters. The molecule has 4 N–H and O–H groups in total. The van der Waals surface area contributed by atoms with E-state index in [-0.39, 0.29) is 11.9 Å². The van der Waals surface area contributed by atoms with Crippen molar-refractivity contribution in [1.29, 1.82) is 0 Å². The fraction of sp³-hybridized carbons (Fsp3) is 0. The van der Waals surface area contributed by atoms with Gasteiger partial charge in [-0.25, -0.2) is 0 Å². The lowest BCUT2D eigenvalue weighted by Crippen LogP contribution is -2.03. The second kappa shape index (κ2) is 5.27. The summed E-state index contributed by atoms with van der Waals surface area (Å²) in [5.74, 6) is 0.263. The van der Waals surface area contributed by atoms with Crippen molar-refractivity contribution in [3.8, 4) is 16.8 Å². The number of nitrogens with zero attached hydrogens (tertiary/aromatic N) is 3. The minimum atomic E-state index is 0.0897. The van der Waals surface area contributed by atoms with Crippen molar-refractivity contribution in [1.82, 2.24) is 14.8 Å². The van der Waals surface area contributed by atoms with Crippen molar-refractivity contribution in [3.63, 3.8) is 0 Å². The minimum absolute atomic E-state index is 0.0897. The highest BCUT2D eigenvalue weighted by Gasteiger charge is 2.14. The van der Waals surface area contributed by atoms with Crippen LogP contribution in [0.4, 0.5) is 11.9 Å². The van der Waals surface area contributed by atoms with E-state index in [9.17, 15) is 0 Å². The second-order valence-corrected chi connectivity index (χ2v) is 5.20. The van der Waals surface area contributed by atoms with E-state index in [0.29, 0.717) is 15.7 Å². The molecule has 2 aromatic carbocycles. The molecule has 1 aromatic heterocycles. The first-order chi connectivity index (χ1) is 10.1. The Morgan fingerprint density at radius 3 is 2.10 bits per heavy atom. The van der Waals surface area contributed by atoms with Gasteiger partial charge in [-0.15, -0.1) is 5.10 Å². The molecule has 0 saturated heterocycles. The summed E-state index contributed by atoms with van der Waals surface area (Å²) in [7, 11) is 0. The summed E-state index contributed by atoms with van der Waals surface area (Å²) in [5, 5.41) is 5.00. The molecule has 0 aliphatic heterocycles. The van der Waals surface area contributed by atoms with Gasteiger partial charge in [-0.3, -0.25) is 0 Å². The molecule has 0 saturated carbocycles. The van der Waals surface area contributed by atoms with Gasteiger partial charge in [0.15, 0.2) is 0 Å². The Hall–Kier alpha value is -2.24. The molecule has 0 aliphatic carbocycles. The molecule has 5 nitrogen and oxygen atoms in total. The van der Waals surface area contributed by atoms with E-state index >= 15 is 0 Å². The predicted octanol–water partition coefficient (Wildman–Crippen LogP) is 3.41. The van der Waals surface area contributed by atoms with Crippen molar-refractivity contribution in [2.75, 3.05) is 11.5 Å². The van der Waals surface area contributed by atoms with Crippen LogP contribution < -0.4 is 11.5 Å². The first-order valence-electron chi connectivity index (χ1n) is 6.09. The zero-order valence-corrected chi connectivity index (χ0v) is 12.3. The Kier molecular flexibility index (Phi) is 3.45. The third-order valence-corrected chi connectivity index (χ3v) is 3.58. The molecule has 7 heteroatoms. The van der Waals surface area contributed by atoms with Crippen LogP contribution in [0.15, 0.2) is 42.5 Å². The highest BCUT2D eigenvalue weighted by molar-refractivity contribution is 6.39. The van der Waals surface area contributed by atoms with Crippen LogP contribution in [0.5, 0.6) is 0 Å². The summed E-state index contributed by atoms with van der Waals surface area (Å²) >= 11 is 12.7. The van der Waals surface area contributed by atoms with Crippen molar-refractivity contribution >= 4 is 35.1 Å². The van der Waals surface area contributed by atoms with Crippen LogP contribution in [0, 0.1) is 0 Å². The first kappa shape index (κ1) is 13.7. The number of anilines is 2. The van der Waals surface area contributed by atoms with Crippen LogP contribution in [-0.2, 0) is 0 Å². The average molecular weight is 320 g/mol. The SMILES string of the molecule is Nc1nc(N)n(-c2cc(Cl)c(-c3ccccc3)c(Cl)c2)n1. The van der Waals surface area contributed by atoms with E-state index in [1.54, 1.807) is 12.1 Å². The monoisotopic (exact) mass is 319 g/mol. The standard InChI is InChI=1S/C14H11Cl2N5/c15-10-6-9(21-14(18)19-13(17)20-21)7-11(16)12(10)8-4-2-1-3-5-8/h1-7H,(H4,17,18,19,20). The number of hydrogen-bond acceptors (Lipinski definition) is 4. The Bertz CT molecular complexity index is 775. The van der Waals surface area contributed by atoms with E-state index in [0.717, 1.165) is 11.1 Å². The highest BCUT2D eigenvalue weighted by Crippen LogP contribution is 2.36. The van der Waals surface area contributed by atoms with Crippen LogP contribution in [0.3, 0.4) is 0 Å². The van der Waals surface area contributed by atoms with Gasteiger partial charge in [-0.1, -0.05) is 53.5 Å². The number of nitrogens with two attached hydrogens (primary N) is 2. The maximum Gasteiger partial charge on any atom is 0.241 e. The molecule has 106 valence electrons. The third-order valence-electron chi connectivity index (χ3n) is 2.98. The van der Waals surface area contributed by atoms with Crippen LogP contribution in [0.1, 0.15) is 0 Å². The van der Waals surface area contributed by atoms with Gasteiger partial charge < -0.3 is 11.5 Å². The quantitative estimate of drug-likeness (QED) is 0.758. The van der Waals surface area contributed by atoms with E-state index in [1.165, 1.54) is 4.68 Å². The molecule has 0 radical (unpaired) electrons. The summed E-state index contributed by atoms with van der Waals surface area (Å²) in [5.41, 5.74) is 13.6. The van der Waals surface area contributed by atoms with Crippen LogP contribution >= 0.6 is 23.2 Å². The zero-order valence-electron chi connectivity index (χ0n) is 10.8. The molecule has 0 bridgehead atoms. The second-order valence-electron chi connectivity index (χ2n) is 4.39. The van der Waals surface area contributed by atoms with Gasteiger partial charge in [0.25, 0.3) is 0 Å². The van der Waals surface area contributed by atoms with Gasteiger partial charge in [0, 0.05) is 5.56 Å². The maximum atomic E-state index is 6.36. The smallest absolute Gasteiger partial charge is 0.241 e. The van der Waals surface area contributed by atoms with Gasteiger partial charge in [0.05, 0.1) is 15.7 Å². The van der Waals surface area contributed by atoms with Gasteiger partial charge in [0.2, 0.25) is 11.9 Å². The van der Waals surface area contributed by atoms with Crippen LogP contribution in [-0.4, -0.2) is 14.8 Å². The number of aromatic nitrogens is 3. The summed E-state index contributed by atoms with van der Waals surface area (Å²) in [6.07, 6.45) is 0. The molecular formula is C14H11Cl2N5. The molecule has 1 heterocycles. The number of nitrogen functional groups attached to an aromatic ring is 2. The molecular weight excluding hydrogens is 309 g/mol. The molecule has 3 rings (SSSR count). The first-order valence-corrected chi connectivity index (χ1v) is 6.84. The Balaban J connectivity index is 2.15. The fourth-order valence-corrected chi connectivity index (χ4v) is 2.79. The van der Waals surface area contributed by atoms with E-state index in [1.807, 2.05) is 30.3 Å². The topological polar surface area (TPSA) is 82.7 Å².